The Morgan fingerprint density at radius 1 is 0.370 bits per heavy atom. The van der Waals surface area contributed by atoms with Crippen LogP contribution in [-0.4, -0.2) is 86.5 Å². The number of nitrogens with one attached hydrogen (secondary N) is 2. The molecule has 0 heterocycles. The van der Waals surface area contributed by atoms with Gasteiger partial charge in [0.2, 0.25) is 11.8 Å². The van der Waals surface area contributed by atoms with Gasteiger partial charge in [-0.3, -0.25) is 9.59 Å². The molecule has 2 amide bonds. The van der Waals surface area contributed by atoms with Crippen molar-refractivity contribution in [1.82, 2.24) is 20.4 Å². The average Bonchev–Trinajstić information content (AvgIpc) is 3.16. The quantitative estimate of drug-likeness (QED) is 0.0472. The zero-order chi connectivity index (χ0) is 39.4. The number of rotatable bonds is 45. The predicted molar refractivity (Wildman–Crippen MR) is 245 cm³/mol. The van der Waals surface area contributed by atoms with Crippen LogP contribution in [0.3, 0.4) is 0 Å². The van der Waals surface area contributed by atoms with E-state index in [1.54, 1.807) is 21.6 Å². The second-order valence-corrected chi connectivity index (χ2v) is 19.1. The molecule has 0 saturated carbocycles. The number of hydrogen-bond acceptors (Lipinski definition) is 6. The third-order valence-corrected chi connectivity index (χ3v) is 13.2. The lowest BCUT2D eigenvalue weighted by Crippen LogP contribution is -2.28. The third-order valence-electron chi connectivity index (χ3n) is 10.8. The summed E-state index contributed by atoms with van der Waals surface area (Å²) in [5.74, 6) is 2.13. The fraction of sp³-hybridized carbons (Fsp3) is 0.957. The summed E-state index contributed by atoms with van der Waals surface area (Å²) in [6, 6.07) is 0. The molecule has 322 valence electrons. The van der Waals surface area contributed by atoms with Crippen LogP contribution in [0.4, 0.5) is 0 Å². The van der Waals surface area contributed by atoms with Crippen LogP contribution in [0.25, 0.3) is 0 Å². The molecule has 0 unspecified atom stereocenters. The molecule has 0 spiro atoms. The Labute approximate surface area is 346 Å². The Hall–Kier alpha value is -0.440. The van der Waals surface area contributed by atoms with Crippen molar-refractivity contribution in [2.75, 3.05) is 64.9 Å². The predicted octanol–water partition coefficient (Wildman–Crippen LogP) is 13.0. The maximum Gasteiger partial charge on any atom is 0.220 e. The van der Waals surface area contributed by atoms with Crippen molar-refractivity contribution >= 4 is 33.4 Å². The van der Waals surface area contributed by atoms with E-state index in [0.717, 1.165) is 50.5 Å². The lowest BCUT2D eigenvalue weighted by Gasteiger charge is -2.16. The molecule has 0 aromatic carbocycles. The summed E-state index contributed by atoms with van der Waals surface area (Å²) in [6.45, 7) is 10.3. The smallest absolute Gasteiger partial charge is 0.220 e. The van der Waals surface area contributed by atoms with Gasteiger partial charge in [0.25, 0.3) is 0 Å². The lowest BCUT2D eigenvalue weighted by molar-refractivity contribution is -0.121. The standard InChI is InChI=1S/C46H94N4O2S2/c1-5-7-9-11-13-15-17-19-21-23-25-27-29-31-39-49(3)41-33-35-45(51)47-37-43-53-54-44-38-48-46(52)36-34-42-50(4)40-32-30-28-26-24-22-20-18-16-14-12-10-8-6-2/h5-44H2,1-4H3,(H,47,51)(H,48,52). The highest BCUT2D eigenvalue weighted by atomic mass is 33.1. The summed E-state index contributed by atoms with van der Waals surface area (Å²) in [6.07, 6.45) is 42.3. The van der Waals surface area contributed by atoms with Crippen molar-refractivity contribution in [1.29, 1.82) is 0 Å². The zero-order valence-electron chi connectivity index (χ0n) is 36.8. The maximum absolute atomic E-state index is 12.2. The van der Waals surface area contributed by atoms with Gasteiger partial charge in [-0.25, -0.2) is 0 Å². The molecule has 54 heavy (non-hydrogen) atoms. The van der Waals surface area contributed by atoms with Gasteiger partial charge in [0.15, 0.2) is 0 Å². The van der Waals surface area contributed by atoms with Crippen molar-refractivity contribution in [2.45, 2.75) is 219 Å². The molecule has 0 bridgehead atoms. The number of amides is 2. The van der Waals surface area contributed by atoms with Crippen LogP contribution in [0.5, 0.6) is 0 Å². The Morgan fingerprint density at radius 2 is 0.611 bits per heavy atom. The van der Waals surface area contributed by atoms with Crippen molar-refractivity contribution in [3.8, 4) is 0 Å². The molecule has 0 atom stereocenters. The molecule has 2 N–H and O–H groups in total. The van der Waals surface area contributed by atoms with Crippen LogP contribution < -0.4 is 10.6 Å². The second-order valence-electron chi connectivity index (χ2n) is 16.3. The summed E-state index contributed by atoms with van der Waals surface area (Å²) >= 11 is 0. The SMILES string of the molecule is CCCCCCCCCCCCCCCCN(C)CCCC(=O)NCCSSCCNC(=O)CCCN(C)CCCCCCCCCCCCCCCC. The van der Waals surface area contributed by atoms with Gasteiger partial charge in [-0.05, 0) is 66.0 Å². The van der Waals surface area contributed by atoms with Crippen molar-refractivity contribution in [3.05, 3.63) is 0 Å². The first kappa shape index (κ1) is 53.6. The summed E-state index contributed by atoms with van der Waals surface area (Å²) in [7, 11) is 7.94. The Morgan fingerprint density at radius 3 is 0.889 bits per heavy atom. The highest BCUT2D eigenvalue weighted by molar-refractivity contribution is 8.76. The van der Waals surface area contributed by atoms with E-state index in [-0.39, 0.29) is 11.8 Å². The van der Waals surface area contributed by atoms with Gasteiger partial charge in [-0.15, -0.1) is 0 Å². The van der Waals surface area contributed by atoms with Crippen molar-refractivity contribution < 1.29 is 9.59 Å². The van der Waals surface area contributed by atoms with Gasteiger partial charge in [0.05, 0.1) is 0 Å². The van der Waals surface area contributed by atoms with Gasteiger partial charge < -0.3 is 20.4 Å². The first-order valence-corrected chi connectivity index (χ1v) is 26.1. The van der Waals surface area contributed by atoms with E-state index in [2.05, 4.69) is 48.4 Å². The maximum atomic E-state index is 12.2. The van der Waals surface area contributed by atoms with Crippen LogP contribution in [0.15, 0.2) is 0 Å². The second kappa shape index (κ2) is 45.3. The molecule has 0 fully saturated rings. The molecular weight excluding hydrogens is 705 g/mol. The van der Waals surface area contributed by atoms with Gasteiger partial charge >= 0.3 is 0 Å². The van der Waals surface area contributed by atoms with Crippen molar-refractivity contribution in [3.63, 3.8) is 0 Å². The van der Waals surface area contributed by atoms with E-state index in [4.69, 9.17) is 0 Å². The van der Waals surface area contributed by atoms with Crippen LogP contribution >= 0.6 is 21.6 Å². The molecule has 0 aliphatic rings. The molecule has 0 aliphatic carbocycles. The van der Waals surface area contributed by atoms with E-state index in [0.29, 0.717) is 25.9 Å². The minimum atomic E-state index is 0.169. The lowest BCUT2D eigenvalue weighted by atomic mass is 10.0. The summed E-state index contributed by atoms with van der Waals surface area (Å²) in [4.78, 5) is 29.2. The molecule has 0 rings (SSSR count). The number of unbranched alkanes of at least 4 members (excludes halogenated alkanes) is 26. The summed E-state index contributed by atoms with van der Waals surface area (Å²) < 4.78 is 0. The van der Waals surface area contributed by atoms with Crippen LogP contribution in [0, 0.1) is 0 Å². The first-order valence-electron chi connectivity index (χ1n) is 23.6. The van der Waals surface area contributed by atoms with Crippen LogP contribution in [0.2, 0.25) is 0 Å². The average molecular weight is 799 g/mol. The van der Waals surface area contributed by atoms with E-state index in [1.807, 2.05) is 0 Å². The van der Waals surface area contributed by atoms with Crippen molar-refractivity contribution in [2.24, 2.45) is 0 Å². The Balaban J connectivity index is 3.39. The highest BCUT2D eigenvalue weighted by Crippen LogP contribution is 2.19. The molecule has 0 radical (unpaired) electrons. The first-order chi connectivity index (χ1) is 26.5. The molecule has 6 nitrogen and oxygen atoms in total. The number of carbonyl (C=O) groups is 2. The topological polar surface area (TPSA) is 64.7 Å². The van der Waals surface area contributed by atoms with E-state index in [9.17, 15) is 9.59 Å². The minimum Gasteiger partial charge on any atom is -0.355 e. The molecule has 8 heteroatoms. The zero-order valence-corrected chi connectivity index (χ0v) is 38.4. The molecule has 0 saturated heterocycles. The normalized spacial score (nSPS) is 11.6. The molecule has 0 aliphatic heterocycles. The number of nitrogens with zero attached hydrogens (tertiary/aromatic N) is 2. The highest BCUT2D eigenvalue weighted by Gasteiger charge is 2.06. The Kier molecular flexibility index (Phi) is 44.9. The largest absolute Gasteiger partial charge is 0.355 e. The summed E-state index contributed by atoms with van der Waals surface area (Å²) in [5.41, 5.74) is 0. The Bertz CT molecular complexity index is 713. The van der Waals surface area contributed by atoms with Crippen LogP contribution in [-0.2, 0) is 9.59 Å². The van der Waals surface area contributed by atoms with Gasteiger partial charge in [0.1, 0.15) is 0 Å². The number of carbonyl (C=O) groups excluding carboxylic acids is 2. The van der Waals surface area contributed by atoms with Crippen LogP contribution in [0.1, 0.15) is 219 Å². The van der Waals surface area contributed by atoms with E-state index < -0.39 is 0 Å². The molecular formula is C46H94N4O2S2. The minimum absolute atomic E-state index is 0.169. The fourth-order valence-electron chi connectivity index (χ4n) is 7.15. The molecule has 0 aromatic rings. The van der Waals surface area contributed by atoms with Gasteiger partial charge in [0, 0.05) is 37.4 Å². The third kappa shape index (κ3) is 44.3. The van der Waals surface area contributed by atoms with Gasteiger partial charge in [-0.2, -0.15) is 0 Å². The fourth-order valence-corrected chi connectivity index (χ4v) is 8.97. The van der Waals surface area contributed by atoms with E-state index >= 15 is 0 Å². The van der Waals surface area contributed by atoms with Gasteiger partial charge in [-0.1, -0.05) is 202 Å². The monoisotopic (exact) mass is 799 g/mol. The number of hydrogen-bond donors (Lipinski definition) is 2. The molecule has 0 aromatic heterocycles. The summed E-state index contributed by atoms with van der Waals surface area (Å²) in [5, 5.41) is 6.13. The van der Waals surface area contributed by atoms with E-state index in [1.165, 1.54) is 180 Å².